The monoisotopic (exact) mass is 993 g/mol. The maximum absolute atomic E-state index is 12.9. The van der Waals surface area contributed by atoms with Gasteiger partial charge in [0.2, 0.25) is 11.8 Å². The number of amides is 2. The van der Waals surface area contributed by atoms with Gasteiger partial charge >= 0.3 is 11.9 Å². The first kappa shape index (κ1) is 53.2. The minimum atomic E-state index is -0.455. The van der Waals surface area contributed by atoms with Crippen LogP contribution in [0.1, 0.15) is 93.9 Å². The minimum Gasteiger partial charge on any atom is -0.490 e. The van der Waals surface area contributed by atoms with Crippen molar-refractivity contribution in [3.63, 3.8) is 0 Å². The summed E-state index contributed by atoms with van der Waals surface area (Å²) in [6.45, 7) is 21.8. The Hall–Kier alpha value is -4.19. The minimum absolute atomic E-state index is 0. The molecule has 0 saturated heterocycles. The molecule has 3 aromatic carbocycles. The van der Waals surface area contributed by atoms with Gasteiger partial charge in [0.15, 0.2) is 5.75 Å². The smallest absolute Gasteiger partial charge is 0.341 e. The van der Waals surface area contributed by atoms with Crippen LogP contribution < -0.4 is 20.1 Å². The van der Waals surface area contributed by atoms with Gasteiger partial charge in [0.05, 0.1) is 27.1 Å². The zero-order chi connectivity index (χ0) is 46.6. The second-order valence-corrected chi connectivity index (χ2v) is 17.2. The van der Waals surface area contributed by atoms with E-state index >= 15 is 0 Å². The third-order valence-corrected chi connectivity index (χ3v) is 13.3. The summed E-state index contributed by atoms with van der Waals surface area (Å²) in [5.74, 6) is 0.00196. The molecule has 2 heterocycles. The van der Waals surface area contributed by atoms with Crippen LogP contribution in [0.2, 0.25) is 0 Å². The Labute approximate surface area is 397 Å². The van der Waals surface area contributed by atoms with Crippen molar-refractivity contribution in [2.45, 2.75) is 75.1 Å². The Morgan fingerprint density at radius 2 is 1.13 bits per heavy atom. The van der Waals surface area contributed by atoms with Crippen molar-refractivity contribution in [2.75, 3.05) is 82.6 Å². The topological polar surface area (TPSA) is 136 Å². The summed E-state index contributed by atoms with van der Waals surface area (Å²) in [6.07, 6.45) is 2.05. The first-order valence-electron chi connectivity index (χ1n) is 21.4. The zero-order valence-electron chi connectivity index (χ0n) is 38.5. The number of ether oxygens (including phenoxy) is 4. The molecule has 5 rings (SSSR count). The van der Waals surface area contributed by atoms with Gasteiger partial charge in [-0.2, -0.15) is 0 Å². The number of esters is 2. The Kier molecular flexibility index (Phi) is 23.0. The molecule has 0 fully saturated rings. The third kappa shape index (κ3) is 14.1. The number of anilines is 2. The fraction of sp³-hybridized carbons (Fsp3) is 0.447. The summed E-state index contributed by atoms with van der Waals surface area (Å²) in [5, 5.41) is 7.94. The van der Waals surface area contributed by atoms with E-state index in [1.54, 1.807) is 25.6 Å². The molecule has 348 valence electrons. The van der Waals surface area contributed by atoms with Gasteiger partial charge in [-0.05, 0) is 86.0 Å². The highest BCUT2D eigenvalue weighted by molar-refractivity contribution is 9.10. The highest BCUT2D eigenvalue weighted by Gasteiger charge is 2.27. The molecule has 0 unspecified atom stereocenters. The summed E-state index contributed by atoms with van der Waals surface area (Å²) in [7, 11) is 0. The number of hydrogen-bond acceptors (Lipinski definition) is 13. The number of nitrogens with one attached hydrogen (secondary N) is 2. The molecule has 0 spiro atoms. The second-order valence-electron chi connectivity index (χ2n) is 13.4. The van der Waals surface area contributed by atoms with E-state index < -0.39 is 11.9 Å². The predicted molar refractivity (Wildman–Crippen MR) is 271 cm³/mol. The normalized spacial score (nSPS) is 10.9. The SMILES string of the molecule is C.C.CCOC(=O)c1c(NC(C)=O)sc2c(OCCN(CC)CC)c(-c3ccccc3SC)ccc12.CCOC(=O)c1c(NC(C)=O)sc2c(OCCN(CC)CC)c(Br)ccc12.[2H][3H]. The standard InChI is InChI=1S/C26H32N2O4S2.C19H25BrN2O4S.2CH4.H2/c1-6-28(7-2)15-16-32-23-19(18-11-9-10-12-21(18)33-5)13-14-20-22(26(30)31-8-3)25(27-17(4)29)34-24(20)23;1-5-22(6-2)10-11-26-16-14(20)9-8-13-15(19(24)25-7-3)18(21-12(4)23)27-17(13)16;;;/h9-14H,6-8,15-16H2,1-5H3,(H,27,29);8-9H,5-7,10-11H2,1-4H3,(H,21,23);2*1H4;1H/i;;;;1+2D. The van der Waals surface area contributed by atoms with Crippen molar-refractivity contribution in [3.05, 3.63) is 64.1 Å². The van der Waals surface area contributed by atoms with Gasteiger partial charge in [-0.15, -0.1) is 34.4 Å². The van der Waals surface area contributed by atoms with Gasteiger partial charge in [-0.3, -0.25) is 9.59 Å². The lowest BCUT2D eigenvalue weighted by Crippen LogP contribution is -2.28. The Balaban J connectivity index is 0.000000622. The molecule has 2 aromatic heterocycles. The summed E-state index contributed by atoms with van der Waals surface area (Å²) < 4.78 is 35.4. The first-order valence-corrected chi connectivity index (χ1v) is 24.1. The number of hydrogen-bond donors (Lipinski definition) is 2. The largest absolute Gasteiger partial charge is 0.490 e. The Bertz CT molecular complexity index is 2300. The van der Waals surface area contributed by atoms with Gasteiger partial charge in [0.25, 0.3) is 0 Å². The molecule has 0 radical (unpaired) electrons. The summed E-state index contributed by atoms with van der Waals surface area (Å²) >= 11 is 7.88. The average Bonchev–Trinajstić information content (AvgIpc) is 3.82. The van der Waals surface area contributed by atoms with Crippen LogP contribution in [0.4, 0.5) is 10.0 Å². The number of thioether (sulfide) groups is 1. The average molecular weight is 995 g/mol. The quantitative estimate of drug-likeness (QED) is 0.0570. The van der Waals surface area contributed by atoms with Crippen molar-refractivity contribution >= 4 is 104 Å². The lowest BCUT2D eigenvalue weighted by atomic mass is 10.0. The fourth-order valence-corrected chi connectivity index (χ4v) is 10.2. The van der Waals surface area contributed by atoms with E-state index in [1.165, 1.54) is 36.5 Å². The van der Waals surface area contributed by atoms with Gasteiger partial charge in [0.1, 0.15) is 40.1 Å². The lowest BCUT2D eigenvalue weighted by molar-refractivity contribution is -0.115. The number of carbonyl (C=O) groups is 4. The molecule has 2 amide bonds. The van der Waals surface area contributed by atoms with Crippen LogP contribution in [0.5, 0.6) is 11.5 Å². The van der Waals surface area contributed by atoms with Crippen molar-refractivity contribution in [2.24, 2.45) is 0 Å². The van der Waals surface area contributed by atoms with Gasteiger partial charge in [-0.25, -0.2) is 9.59 Å². The molecule has 2 N–H and O–H groups in total. The number of fused-ring (bicyclic) bond motifs is 2. The molecule has 0 aliphatic heterocycles. The van der Waals surface area contributed by atoms with E-state index in [4.69, 9.17) is 21.9 Å². The van der Waals surface area contributed by atoms with Crippen molar-refractivity contribution in [3.8, 4) is 22.6 Å². The van der Waals surface area contributed by atoms with Crippen LogP contribution in [0.25, 0.3) is 31.3 Å². The van der Waals surface area contributed by atoms with Gasteiger partial charge < -0.3 is 39.4 Å². The van der Waals surface area contributed by atoms with Gasteiger partial charge in [-0.1, -0.05) is 72.9 Å². The molecule has 16 heteroatoms. The molecule has 0 bridgehead atoms. The summed E-state index contributed by atoms with van der Waals surface area (Å²) in [6, 6.07) is 15.8. The maximum atomic E-state index is 12.9. The number of halogens is 1. The van der Waals surface area contributed by atoms with Crippen LogP contribution in [0.3, 0.4) is 0 Å². The second kappa shape index (κ2) is 27.2. The van der Waals surface area contributed by atoms with E-state index in [0.717, 1.165) is 80.3 Å². The lowest BCUT2D eigenvalue weighted by Gasteiger charge is -2.20. The number of likely N-dealkylation sites (N-methyl/N-ethyl adjacent to an activating group) is 2. The number of benzene rings is 3. The Morgan fingerprint density at radius 3 is 1.57 bits per heavy atom. The third-order valence-electron chi connectivity index (χ3n) is 9.61. The van der Waals surface area contributed by atoms with Crippen LogP contribution in [0.15, 0.2) is 57.9 Å². The van der Waals surface area contributed by atoms with Crippen LogP contribution in [-0.2, 0) is 19.1 Å². The molecular weight excluding hydrogens is 925 g/mol. The van der Waals surface area contributed by atoms with Crippen LogP contribution in [0, 0.1) is 0 Å². The number of carbonyl (C=O) groups excluding carboxylic acids is 4. The molecule has 5 aromatic rings. The molecular formula is C47H67BrN4O8S3. The van der Waals surface area contributed by atoms with Crippen molar-refractivity contribution < 1.29 is 41.1 Å². The number of thiophene rings is 2. The maximum Gasteiger partial charge on any atom is 0.341 e. The highest BCUT2D eigenvalue weighted by Crippen LogP contribution is 2.48. The summed E-state index contributed by atoms with van der Waals surface area (Å²) in [5.41, 5.74) is 2.77. The predicted octanol–water partition coefficient (Wildman–Crippen LogP) is 12.2. The van der Waals surface area contributed by atoms with Crippen LogP contribution in [-0.4, -0.2) is 106 Å². The van der Waals surface area contributed by atoms with Crippen LogP contribution >= 0.6 is 50.4 Å². The summed E-state index contributed by atoms with van der Waals surface area (Å²) in [4.78, 5) is 54.5. The molecule has 12 nitrogen and oxygen atoms in total. The highest BCUT2D eigenvalue weighted by atomic mass is 79.9. The number of rotatable bonds is 20. The van der Waals surface area contributed by atoms with E-state index in [-0.39, 0.29) is 39.9 Å². The van der Waals surface area contributed by atoms with E-state index in [9.17, 15) is 19.2 Å². The van der Waals surface area contributed by atoms with Crippen molar-refractivity contribution in [1.82, 2.24) is 9.80 Å². The Morgan fingerprint density at radius 1 is 0.683 bits per heavy atom. The van der Waals surface area contributed by atoms with E-state index in [1.807, 2.05) is 36.4 Å². The molecule has 0 saturated carbocycles. The molecule has 63 heavy (non-hydrogen) atoms. The van der Waals surface area contributed by atoms with Gasteiger partial charge in [0, 0.05) is 51.1 Å². The fourth-order valence-electron chi connectivity index (χ4n) is 6.55. The van der Waals surface area contributed by atoms with E-state index in [0.29, 0.717) is 45.5 Å². The van der Waals surface area contributed by atoms with Crippen molar-refractivity contribution in [1.29, 1.82) is 0 Å². The van der Waals surface area contributed by atoms with E-state index in [2.05, 4.69) is 82.4 Å². The first-order chi connectivity index (χ1) is 30.4. The molecule has 0 aliphatic rings. The molecule has 0 aliphatic carbocycles. The molecule has 0 atom stereocenters. The number of nitrogens with zero attached hydrogens (tertiary/aromatic N) is 2. The zero-order valence-corrected chi connectivity index (χ0v) is 40.5.